The van der Waals surface area contributed by atoms with Crippen molar-refractivity contribution >= 4 is 0 Å². The minimum atomic E-state index is 0.665. The van der Waals surface area contributed by atoms with E-state index in [0.29, 0.717) is 12.8 Å². The highest BCUT2D eigenvalue weighted by atomic mass is 14.1. The van der Waals surface area contributed by atoms with Crippen molar-refractivity contribution in [2.24, 2.45) is 0 Å². The fourth-order valence-corrected chi connectivity index (χ4v) is 1.48. The highest BCUT2D eigenvalue weighted by Gasteiger charge is 2.03. The fourth-order valence-electron chi connectivity index (χ4n) is 1.48. The van der Waals surface area contributed by atoms with E-state index in [4.69, 9.17) is 12.8 Å². The molecule has 0 heteroatoms. The van der Waals surface area contributed by atoms with Gasteiger partial charge in [-0.3, -0.25) is 0 Å². The van der Waals surface area contributed by atoms with Gasteiger partial charge in [0.05, 0.1) is 0 Å². The normalized spacial score (nSPS) is 9.14. The van der Waals surface area contributed by atoms with Crippen LogP contribution in [-0.2, 0) is 12.8 Å². The van der Waals surface area contributed by atoms with Gasteiger partial charge in [0, 0.05) is 12.8 Å². The summed E-state index contributed by atoms with van der Waals surface area (Å²) in [7, 11) is 0. The second-order valence-corrected chi connectivity index (χ2v) is 3.47. The van der Waals surface area contributed by atoms with Gasteiger partial charge in [-0.1, -0.05) is 12.1 Å². The predicted molar refractivity (Wildman–Crippen MR) is 61.0 cm³/mol. The minimum absolute atomic E-state index is 0.665. The lowest BCUT2D eigenvalue weighted by molar-refractivity contribution is 1.15. The molecule has 0 aliphatic rings. The molecule has 0 radical (unpaired) electrons. The van der Waals surface area contributed by atoms with Crippen molar-refractivity contribution in [1.82, 2.24) is 0 Å². The molecule has 0 bridgehead atoms. The Labute approximate surface area is 86.3 Å². The van der Waals surface area contributed by atoms with Crippen LogP contribution in [0.15, 0.2) is 12.1 Å². The summed E-state index contributed by atoms with van der Waals surface area (Å²) in [5.41, 5.74) is 4.93. The standard InChI is InChI=1S/C14H14/c1-5-7-13-9-11(3)12(4)10-14(13)8-6-2/h1-2,9-10H,7-8H2,3-4H3. The largest absolute Gasteiger partial charge is 0.120 e. The zero-order chi connectivity index (χ0) is 10.6. The van der Waals surface area contributed by atoms with Gasteiger partial charge < -0.3 is 0 Å². The van der Waals surface area contributed by atoms with Crippen LogP contribution in [0.5, 0.6) is 0 Å². The number of hydrogen-bond donors (Lipinski definition) is 0. The number of aryl methyl sites for hydroxylation is 2. The molecule has 0 aliphatic heterocycles. The Balaban J connectivity index is 3.19. The van der Waals surface area contributed by atoms with Crippen LogP contribution in [0.3, 0.4) is 0 Å². The minimum Gasteiger partial charge on any atom is -0.120 e. The molecule has 0 saturated heterocycles. The molecular formula is C14H14. The maximum absolute atomic E-state index is 5.31. The van der Waals surface area contributed by atoms with Crippen LogP contribution in [0.4, 0.5) is 0 Å². The highest BCUT2D eigenvalue weighted by Crippen LogP contribution is 2.16. The summed E-state index contributed by atoms with van der Waals surface area (Å²) in [5, 5.41) is 0. The molecule has 0 atom stereocenters. The summed E-state index contributed by atoms with van der Waals surface area (Å²) in [5.74, 6) is 5.32. The molecule has 0 spiro atoms. The van der Waals surface area contributed by atoms with Gasteiger partial charge in [-0.2, -0.15) is 0 Å². The van der Waals surface area contributed by atoms with Crippen molar-refractivity contribution in [2.75, 3.05) is 0 Å². The monoisotopic (exact) mass is 182 g/mol. The van der Waals surface area contributed by atoms with Gasteiger partial charge in [-0.15, -0.1) is 24.7 Å². The summed E-state index contributed by atoms with van der Waals surface area (Å²) in [4.78, 5) is 0. The Morgan fingerprint density at radius 2 is 1.29 bits per heavy atom. The van der Waals surface area contributed by atoms with Gasteiger partial charge in [-0.05, 0) is 36.1 Å². The Morgan fingerprint density at radius 3 is 1.57 bits per heavy atom. The quantitative estimate of drug-likeness (QED) is 0.617. The fraction of sp³-hybridized carbons (Fsp3) is 0.286. The molecule has 0 aliphatic carbocycles. The molecule has 0 heterocycles. The first-order valence-corrected chi connectivity index (χ1v) is 4.65. The van der Waals surface area contributed by atoms with Crippen LogP contribution in [0.1, 0.15) is 22.3 Å². The second-order valence-electron chi connectivity index (χ2n) is 3.47. The molecule has 0 nitrogen and oxygen atoms in total. The van der Waals surface area contributed by atoms with E-state index in [2.05, 4.69) is 37.8 Å². The summed E-state index contributed by atoms with van der Waals surface area (Å²) >= 11 is 0. The Hall–Kier alpha value is -1.66. The molecule has 1 aromatic rings. The van der Waals surface area contributed by atoms with Gasteiger partial charge in [0.2, 0.25) is 0 Å². The van der Waals surface area contributed by atoms with Gasteiger partial charge in [0.1, 0.15) is 0 Å². The molecule has 0 N–H and O–H groups in total. The molecule has 0 saturated carbocycles. The first-order valence-electron chi connectivity index (χ1n) is 4.65. The second kappa shape index (κ2) is 4.54. The number of terminal acetylenes is 2. The van der Waals surface area contributed by atoms with E-state index in [-0.39, 0.29) is 0 Å². The predicted octanol–water partition coefficient (Wildman–Crippen LogP) is 2.65. The average Bonchev–Trinajstić information content (AvgIpc) is 2.14. The first kappa shape index (κ1) is 10.4. The van der Waals surface area contributed by atoms with E-state index in [9.17, 15) is 0 Å². The van der Waals surface area contributed by atoms with Crippen molar-refractivity contribution in [1.29, 1.82) is 0 Å². The van der Waals surface area contributed by atoms with Crippen LogP contribution in [0.2, 0.25) is 0 Å². The maximum atomic E-state index is 5.31. The summed E-state index contributed by atoms with van der Waals surface area (Å²) < 4.78 is 0. The third-order valence-corrected chi connectivity index (χ3v) is 2.40. The van der Waals surface area contributed by atoms with Crippen LogP contribution in [-0.4, -0.2) is 0 Å². The van der Waals surface area contributed by atoms with E-state index in [1.165, 1.54) is 22.3 Å². The van der Waals surface area contributed by atoms with E-state index in [0.717, 1.165) is 0 Å². The van der Waals surface area contributed by atoms with Crippen LogP contribution >= 0.6 is 0 Å². The zero-order valence-corrected chi connectivity index (χ0v) is 8.72. The molecule has 0 fully saturated rings. The first-order chi connectivity index (χ1) is 6.69. The zero-order valence-electron chi connectivity index (χ0n) is 8.72. The van der Waals surface area contributed by atoms with E-state index in [1.807, 2.05) is 0 Å². The van der Waals surface area contributed by atoms with Crippen LogP contribution in [0, 0.1) is 38.5 Å². The molecule has 0 unspecified atom stereocenters. The van der Waals surface area contributed by atoms with Gasteiger partial charge in [0.25, 0.3) is 0 Å². The lowest BCUT2D eigenvalue weighted by atomic mass is 9.96. The lowest BCUT2D eigenvalue weighted by Crippen LogP contribution is -1.95. The maximum Gasteiger partial charge on any atom is 0.0340 e. The number of rotatable bonds is 2. The van der Waals surface area contributed by atoms with Gasteiger partial charge in [0.15, 0.2) is 0 Å². The molecular weight excluding hydrogens is 168 g/mol. The molecule has 14 heavy (non-hydrogen) atoms. The third-order valence-electron chi connectivity index (χ3n) is 2.40. The van der Waals surface area contributed by atoms with Crippen LogP contribution in [0.25, 0.3) is 0 Å². The van der Waals surface area contributed by atoms with Crippen molar-refractivity contribution in [3.8, 4) is 24.7 Å². The van der Waals surface area contributed by atoms with E-state index in [1.54, 1.807) is 0 Å². The van der Waals surface area contributed by atoms with Crippen molar-refractivity contribution < 1.29 is 0 Å². The van der Waals surface area contributed by atoms with Crippen molar-refractivity contribution in [2.45, 2.75) is 26.7 Å². The van der Waals surface area contributed by atoms with Crippen LogP contribution < -0.4 is 0 Å². The summed E-state index contributed by atoms with van der Waals surface area (Å²) in [6.07, 6.45) is 12.0. The highest BCUT2D eigenvalue weighted by molar-refractivity contribution is 5.40. The summed E-state index contributed by atoms with van der Waals surface area (Å²) in [6.45, 7) is 4.18. The van der Waals surface area contributed by atoms with Gasteiger partial charge in [-0.25, -0.2) is 0 Å². The lowest BCUT2D eigenvalue weighted by Gasteiger charge is -2.08. The molecule has 0 aromatic heterocycles. The average molecular weight is 182 g/mol. The number of hydrogen-bond acceptors (Lipinski definition) is 0. The van der Waals surface area contributed by atoms with Crippen molar-refractivity contribution in [3.63, 3.8) is 0 Å². The topological polar surface area (TPSA) is 0 Å². The molecule has 70 valence electrons. The molecule has 1 aromatic carbocycles. The smallest absolute Gasteiger partial charge is 0.0340 e. The SMILES string of the molecule is C#CCc1cc(C)c(C)cc1CC#C. The number of benzene rings is 1. The molecule has 1 rings (SSSR count). The van der Waals surface area contributed by atoms with Gasteiger partial charge >= 0.3 is 0 Å². The van der Waals surface area contributed by atoms with E-state index >= 15 is 0 Å². The summed E-state index contributed by atoms with van der Waals surface area (Å²) in [6, 6.07) is 4.28. The van der Waals surface area contributed by atoms with E-state index < -0.39 is 0 Å². The Kier molecular flexibility index (Phi) is 3.38. The third kappa shape index (κ3) is 2.18. The van der Waals surface area contributed by atoms with Crippen molar-refractivity contribution in [3.05, 3.63) is 34.4 Å². The Morgan fingerprint density at radius 1 is 0.929 bits per heavy atom. The Bertz CT molecular complexity index is 370. The molecule has 0 amide bonds.